The lowest BCUT2D eigenvalue weighted by Gasteiger charge is -2.02. The van der Waals surface area contributed by atoms with Gasteiger partial charge in [0.05, 0.1) is 17.7 Å². The zero-order chi connectivity index (χ0) is 17.1. The van der Waals surface area contributed by atoms with Crippen molar-refractivity contribution in [3.8, 4) is 0 Å². The molecule has 0 atom stereocenters. The highest BCUT2D eigenvalue weighted by Crippen LogP contribution is 2.02. The molecule has 0 unspecified atom stereocenters. The van der Waals surface area contributed by atoms with Crippen molar-refractivity contribution in [2.45, 2.75) is 46.0 Å². The van der Waals surface area contributed by atoms with Crippen molar-refractivity contribution in [3.05, 3.63) is 45.6 Å². The van der Waals surface area contributed by atoms with E-state index < -0.39 is 17.3 Å². The summed E-state index contributed by atoms with van der Waals surface area (Å²) in [7, 11) is 0. The number of ether oxygens (including phenoxy) is 1. The summed E-state index contributed by atoms with van der Waals surface area (Å²) in [6.45, 7) is 4.97. The second-order valence-corrected chi connectivity index (χ2v) is 5.35. The molecule has 0 aromatic heterocycles. The molecular formula is C18H25NO4. The number of hydrogen-bond donors (Lipinski definition) is 1. The van der Waals surface area contributed by atoms with Gasteiger partial charge in [0.25, 0.3) is 5.91 Å². The molecule has 1 aromatic rings. The smallest absolute Gasteiger partial charge is 0.338 e. The van der Waals surface area contributed by atoms with Crippen LogP contribution in [0.15, 0.2) is 29.1 Å². The molecule has 1 rings (SSSR count). The first-order valence-electron chi connectivity index (χ1n) is 8.19. The number of carbonyl (C=O) groups excluding carboxylic acids is 2. The predicted octanol–water partition coefficient (Wildman–Crippen LogP) is 2.92. The second-order valence-electron chi connectivity index (χ2n) is 5.35. The maximum absolute atomic E-state index is 12.0. The largest absolute Gasteiger partial charge is 0.462 e. The van der Waals surface area contributed by atoms with Gasteiger partial charge in [-0.15, -0.1) is 0 Å². The zero-order valence-electron chi connectivity index (χ0n) is 13.9. The fraction of sp³-hybridized carbons (Fsp3) is 0.500. The molecule has 5 nitrogen and oxygen atoms in total. The van der Waals surface area contributed by atoms with E-state index in [2.05, 4.69) is 12.2 Å². The Balaban J connectivity index is 2.76. The molecule has 1 aromatic carbocycles. The minimum atomic E-state index is -0.483. The van der Waals surface area contributed by atoms with Crippen LogP contribution >= 0.6 is 0 Å². The molecule has 0 aliphatic heterocycles. The van der Waals surface area contributed by atoms with Gasteiger partial charge in [-0.2, -0.15) is 0 Å². The molecule has 0 fully saturated rings. The van der Waals surface area contributed by atoms with Crippen LogP contribution in [0.25, 0.3) is 0 Å². The summed E-state index contributed by atoms with van der Waals surface area (Å²) in [6.07, 6.45) is 4.70. The lowest BCUT2D eigenvalue weighted by Crippen LogP contribution is -2.28. The lowest BCUT2D eigenvalue weighted by molar-refractivity contribution is 0.0499. The number of carbonyl (C=O) groups is 2. The third-order valence-corrected chi connectivity index (χ3v) is 3.39. The summed E-state index contributed by atoms with van der Waals surface area (Å²) in [4.78, 5) is 35.9. The van der Waals surface area contributed by atoms with Gasteiger partial charge >= 0.3 is 5.97 Å². The lowest BCUT2D eigenvalue weighted by atomic mass is 10.2. The maximum atomic E-state index is 12.0. The summed E-state index contributed by atoms with van der Waals surface area (Å²) >= 11 is 0. The van der Waals surface area contributed by atoms with Crippen LogP contribution in [0.4, 0.5) is 0 Å². The number of nitrogens with one attached hydrogen (secondary N) is 1. The molecule has 0 aliphatic rings. The van der Waals surface area contributed by atoms with E-state index in [0.717, 1.165) is 32.1 Å². The molecular weight excluding hydrogens is 294 g/mol. The molecule has 0 aliphatic carbocycles. The van der Waals surface area contributed by atoms with Gasteiger partial charge in [0.15, 0.2) is 5.43 Å². The van der Waals surface area contributed by atoms with E-state index in [0.29, 0.717) is 13.2 Å². The van der Waals surface area contributed by atoms with Crippen LogP contribution in [0, 0.1) is 0 Å². The Morgan fingerprint density at radius 2 is 1.70 bits per heavy atom. The topological polar surface area (TPSA) is 72.5 Å². The standard InChI is InChI=1S/C18H25NO4/c1-3-5-7-12-19-17(21)15-10-8-14(9-11-16(15)20)18(22)23-13-6-4-2/h8-11H,3-7,12-13H2,1-2H3,(H,19,21). The molecule has 126 valence electrons. The van der Waals surface area contributed by atoms with Crippen molar-refractivity contribution in [1.82, 2.24) is 5.32 Å². The monoisotopic (exact) mass is 319 g/mol. The number of esters is 1. The molecule has 0 spiro atoms. The van der Waals surface area contributed by atoms with Crippen molar-refractivity contribution in [3.63, 3.8) is 0 Å². The average molecular weight is 319 g/mol. The van der Waals surface area contributed by atoms with E-state index in [1.165, 1.54) is 24.3 Å². The summed E-state index contributed by atoms with van der Waals surface area (Å²) in [6, 6.07) is 5.46. The number of hydrogen-bond acceptors (Lipinski definition) is 4. The Labute approximate surface area is 137 Å². The maximum Gasteiger partial charge on any atom is 0.338 e. The van der Waals surface area contributed by atoms with Crippen LogP contribution in [-0.2, 0) is 4.74 Å². The first kappa shape index (κ1) is 18.9. The Morgan fingerprint density at radius 3 is 2.39 bits per heavy atom. The summed E-state index contributed by atoms with van der Waals surface area (Å²) in [5.74, 6) is -0.893. The number of unbranched alkanes of at least 4 members (excludes halogenated alkanes) is 3. The summed E-state index contributed by atoms with van der Waals surface area (Å²) < 4.78 is 5.10. The fourth-order valence-corrected chi connectivity index (χ4v) is 1.95. The van der Waals surface area contributed by atoms with Crippen LogP contribution in [0.2, 0.25) is 0 Å². The molecule has 5 heteroatoms. The van der Waals surface area contributed by atoms with Crippen molar-refractivity contribution in [1.29, 1.82) is 0 Å². The van der Waals surface area contributed by atoms with E-state index in [1.54, 1.807) is 0 Å². The molecule has 0 saturated carbocycles. The van der Waals surface area contributed by atoms with E-state index in [4.69, 9.17) is 4.74 Å². The van der Waals surface area contributed by atoms with E-state index >= 15 is 0 Å². The SMILES string of the molecule is CCCCCNC(=O)c1ccc(C(=O)OCCCC)ccc1=O. The predicted molar refractivity (Wildman–Crippen MR) is 89.8 cm³/mol. The highest BCUT2D eigenvalue weighted by atomic mass is 16.5. The van der Waals surface area contributed by atoms with Crippen molar-refractivity contribution >= 4 is 11.9 Å². The van der Waals surface area contributed by atoms with Gasteiger partial charge in [-0.1, -0.05) is 33.1 Å². The van der Waals surface area contributed by atoms with E-state index in [-0.39, 0.29) is 11.1 Å². The molecule has 0 radical (unpaired) electrons. The minimum Gasteiger partial charge on any atom is -0.462 e. The normalized spacial score (nSPS) is 10.2. The highest BCUT2D eigenvalue weighted by Gasteiger charge is 2.11. The average Bonchev–Trinajstić information content (AvgIpc) is 2.73. The van der Waals surface area contributed by atoms with Gasteiger partial charge in [-0.25, -0.2) is 4.79 Å². The van der Waals surface area contributed by atoms with E-state index in [9.17, 15) is 14.4 Å². The van der Waals surface area contributed by atoms with Crippen LogP contribution in [0.1, 0.15) is 66.7 Å². The van der Waals surface area contributed by atoms with Crippen LogP contribution in [-0.4, -0.2) is 25.0 Å². The fourth-order valence-electron chi connectivity index (χ4n) is 1.95. The summed E-state index contributed by atoms with van der Waals surface area (Å²) in [5, 5.41) is 2.72. The summed E-state index contributed by atoms with van der Waals surface area (Å²) in [5.41, 5.74) is -0.108. The quantitative estimate of drug-likeness (QED) is 0.561. The van der Waals surface area contributed by atoms with Gasteiger partial charge in [-0.05, 0) is 37.1 Å². The first-order chi connectivity index (χ1) is 11.1. The molecule has 0 bridgehead atoms. The van der Waals surface area contributed by atoms with Gasteiger partial charge in [-0.3, -0.25) is 9.59 Å². The zero-order valence-corrected chi connectivity index (χ0v) is 13.9. The third-order valence-electron chi connectivity index (χ3n) is 3.39. The number of rotatable bonds is 9. The van der Waals surface area contributed by atoms with Crippen molar-refractivity contribution in [2.75, 3.05) is 13.2 Å². The Hall–Kier alpha value is -2.17. The van der Waals surface area contributed by atoms with Gasteiger partial charge < -0.3 is 10.1 Å². The van der Waals surface area contributed by atoms with Crippen molar-refractivity contribution in [2.24, 2.45) is 0 Å². The van der Waals surface area contributed by atoms with Gasteiger partial charge in [0.2, 0.25) is 0 Å². The van der Waals surface area contributed by atoms with Gasteiger partial charge in [0.1, 0.15) is 0 Å². The molecule has 1 amide bonds. The van der Waals surface area contributed by atoms with Crippen LogP contribution < -0.4 is 10.7 Å². The molecule has 1 N–H and O–H groups in total. The van der Waals surface area contributed by atoms with Crippen LogP contribution in [0.3, 0.4) is 0 Å². The Morgan fingerprint density at radius 1 is 1.00 bits per heavy atom. The molecule has 0 heterocycles. The van der Waals surface area contributed by atoms with E-state index in [1.807, 2.05) is 6.92 Å². The Bertz CT molecular complexity index is 583. The molecule has 23 heavy (non-hydrogen) atoms. The minimum absolute atomic E-state index is 0.0362. The van der Waals surface area contributed by atoms with Crippen molar-refractivity contribution < 1.29 is 14.3 Å². The number of amides is 1. The third kappa shape index (κ3) is 6.63. The first-order valence-corrected chi connectivity index (χ1v) is 8.19. The Kier molecular flexibility index (Phi) is 8.65. The second kappa shape index (κ2) is 10.5. The van der Waals surface area contributed by atoms with Gasteiger partial charge in [0, 0.05) is 6.54 Å². The molecule has 0 saturated heterocycles. The highest BCUT2D eigenvalue weighted by molar-refractivity contribution is 5.95. The van der Waals surface area contributed by atoms with Crippen LogP contribution in [0.5, 0.6) is 0 Å².